The normalized spacial score (nSPS) is 12.1. The molecule has 0 saturated carbocycles. The number of nitrogens with one attached hydrogen (secondary N) is 3. The third-order valence-corrected chi connectivity index (χ3v) is 3.99. The second-order valence-electron chi connectivity index (χ2n) is 5.55. The van der Waals surface area contributed by atoms with Crippen molar-refractivity contribution < 1.29 is 17.9 Å². The summed E-state index contributed by atoms with van der Waals surface area (Å²) in [7, 11) is -1.78. The van der Waals surface area contributed by atoms with Gasteiger partial charge in [-0.3, -0.25) is 4.72 Å². The van der Waals surface area contributed by atoms with Crippen LogP contribution in [0.2, 0.25) is 0 Å². The number of anilines is 2. The van der Waals surface area contributed by atoms with E-state index in [-0.39, 0.29) is 12.1 Å². The van der Waals surface area contributed by atoms with Crippen LogP contribution in [0.1, 0.15) is 18.5 Å². The van der Waals surface area contributed by atoms with Crippen molar-refractivity contribution in [3.8, 4) is 5.75 Å². The quantitative estimate of drug-likeness (QED) is 0.735. The van der Waals surface area contributed by atoms with E-state index in [9.17, 15) is 13.2 Å². The lowest BCUT2D eigenvalue weighted by Crippen LogP contribution is -2.31. The Morgan fingerprint density at radius 1 is 1.08 bits per heavy atom. The van der Waals surface area contributed by atoms with Gasteiger partial charge in [-0.25, -0.2) is 13.2 Å². The maximum absolute atomic E-state index is 12.1. The first-order chi connectivity index (χ1) is 11.8. The summed E-state index contributed by atoms with van der Waals surface area (Å²) >= 11 is 0. The summed E-state index contributed by atoms with van der Waals surface area (Å²) < 4.78 is 30.1. The van der Waals surface area contributed by atoms with Crippen LogP contribution in [0.25, 0.3) is 0 Å². The molecule has 0 unspecified atom stereocenters. The van der Waals surface area contributed by atoms with Crippen LogP contribution in [-0.2, 0) is 10.0 Å². The number of ether oxygens (including phenoxy) is 1. The smallest absolute Gasteiger partial charge is 0.319 e. The van der Waals surface area contributed by atoms with Gasteiger partial charge in [-0.05, 0) is 48.9 Å². The minimum Gasteiger partial charge on any atom is -0.497 e. The molecule has 0 aliphatic heterocycles. The van der Waals surface area contributed by atoms with Gasteiger partial charge in [0.05, 0.1) is 19.4 Å². The highest BCUT2D eigenvalue weighted by Gasteiger charge is 2.11. The van der Waals surface area contributed by atoms with Crippen molar-refractivity contribution in [1.29, 1.82) is 0 Å². The minimum absolute atomic E-state index is 0.306. The Hall–Kier alpha value is -2.74. The van der Waals surface area contributed by atoms with Crippen LogP contribution in [0.15, 0.2) is 48.5 Å². The molecule has 0 aliphatic carbocycles. The van der Waals surface area contributed by atoms with E-state index in [0.29, 0.717) is 17.1 Å². The molecule has 0 fully saturated rings. The molecule has 0 radical (unpaired) electrons. The average molecular weight is 363 g/mol. The highest BCUT2D eigenvalue weighted by atomic mass is 32.2. The fourth-order valence-electron chi connectivity index (χ4n) is 2.21. The van der Waals surface area contributed by atoms with Gasteiger partial charge in [-0.1, -0.05) is 12.1 Å². The number of carbonyl (C=O) groups excluding carboxylic acids is 1. The summed E-state index contributed by atoms with van der Waals surface area (Å²) in [6, 6.07) is 13.2. The van der Waals surface area contributed by atoms with Crippen molar-refractivity contribution in [1.82, 2.24) is 5.32 Å². The SMILES string of the molecule is COc1ccc(NC(=O)N[C@@H](C)c2cccc(NS(C)(=O)=O)c2)cc1. The summed E-state index contributed by atoms with van der Waals surface area (Å²) in [6.07, 6.45) is 1.09. The van der Waals surface area contributed by atoms with Crippen LogP contribution in [-0.4, -0.2) is 27.8 Å². The lowest BCUT2D eigenvalue weighted by molar-refractivity contribution is 0.249. The Balaban J connectivity index is 1.99. The zero-order chi connectivity index (χ0) is 18.4. The third kappa shape index (κ3) is 6.00. The molecular weight excluding hydrogens is 342 g/mol. The molecule has 7 nitrogen and oxygen atoms in total. The Kier molecular flexibility index (Phi) is 5.87. The molecule has 2 rings (SSSR count). The second kappa shape index (κ2) is 7.89. The largest absolute Gasteiger partial charge is 0.497 e. The van der Waals surface area contributed by atoms with Crippen molar-refractivity contribution in [2.75, 3.05) is 23.4 Å². The summed E-state index contributed by atoms with van der Waals surface area (Å²) in [5.41, 5.74) is 1.86. The topological polar surface area (TPSA) is 96.5 Å². The molecule has 2 amide bonds. The van der Waals surface area contributed by atoms with E-state index in [1.165, 1.54) is 0 Å². The Morgan fingerprint density at radius 2 is 1.76 bits per heavy atom. The number of methoxy groups -OCH3 is 1. The minimum atomic E-state index is -3.35. The van der Waals surface area contributed by atoms with Crippen molar-refractivity contribution in [3.63, 3.8) is 0 Å². The fraction of sp³-hybridized carbons (Fsp3) is 0.235. The molecule has 0 saturated heterocycles. The van der Waals surface area contributed by atoms with Crippen molar-refractivity contribution in [2.45, 2.75) is 13.0 Å². The number of sulfonamides is 1. The highest BCUT2D eigenvalue weighted by Crippen LogP contribution is 2.19. The van der Waals surface area contributed by atoms with Crippen molar-refractivity contribution >= 4 is 27.4 Å². The predicted molar refractivity (Wildman–Crippen MR) is 98.5 cm³/mol. The van der Waals surface area contributed by atoms with Gasteiger partial charge in [0.15, 0.2) is 0 Å². The molecule has 0 spiro atoms. The average Bonchev–Trinajstić information content (AvgIpc) is 2.54. The molecule has 2 aromatic carbocycles. The number of amides is 2. The maximum Gasteiger partial charge on any atom is 0.319 e. The molecule has 0 aliphatic rings. The van der Waals surface area contributed by atoms with Gasteiger partial charge in [-0.2, -0.15) is 0 Å². The summed E-state index contributed by atoms with van der Waals surface area (Å²) in [4.78, 5) is 12.1. The van der Waals surface area contributed by atoms with E-state index < -0.39 is 10.0 Å². The van der Waals surface area contributed by atoms with Gasteiger partial charge < -0.3 is 15.4 Å². The molecule has 25 heavy (non-hydrogen) atoms. The van der Waals surface area contributed by atoms with Gasteiger partial charge in [0.2, 0.25) is 10.0 Å². The molecule has 134 valence electrons. The fourth-order valence-corrected chi connectivity index (χ4v) is 2.76. The molecule has 0 bridgehead atoms. The van der Waals surface area contributed by atoms with Crippen LogP contribution < -0.4 is 20.1 Å². The van der Waals surface area contributed by atoms with Gasteiger partial charge >= 0.3 is 6.03 Å². The molecule has 0 aromatic heterocycles. The van der Waals surface area contributed by atoms with Crippen LogP contribution in [0.3, 0.4) is 0 Å². The van der Waals surface area contributed by atoms with E-state index in [1.54, 1.807) is 49.6 Å². The van der Waals surface area contributed by atoms with Gasteiger partial charge in [0.1, 0.15) is 5.75 Å². The first kappa shape index (κ1) is 18.6. The van der Waals surface area contributed by atoms with E-state index in [4.69, 9.17) is 4.74 Å². The number of carbonyl (C=O) groups is 1. The number of hydrogen-bond donors (Lipinski definition) is 3. The summed E-state index contributed by atoms with van der Waals surface area (Å²) in [6.45, 7) is 1.81. The number of hydrogen-bond acceptors (Lipinski definition) is 4. The molecular formula is C17H21N3O4S. The van der Waals surface area contributed by atoms with Gasteiger partial charge in [0.25, 0.3) is 0 Å². The Morgan fingerprint density at radius 3 is 2.36 bits per heavy atom. The van der Waals surface area contributed by atoms with E-state index in [1.807, 2.05) is 13.0 Å². The second-order valence-corrected chi connectivity index (χ2v) is 7.30. The van der Waals surface area contributed by atoms with Crippen molar-refractivity contribution in [3.05, 3.63) is 54.1 Å². The van der Waals surface area contributed by atoms with Crippen LogP contribution in [0, 0.1) is 0 Å². The number of urea groups is 1. The highest BCUT2D eigenvalue weighted by molar-refractivity contribution is 7.92. The van der Waals surface area contributed by atoms with E-state index in [0.717, 1.165) is 11.8 Å². The maximum atomic E-state index is 12.1. The van der Waals surface area contributed by atoms with Gasteiger partial charge in [-0.15, -0.1) is 0 Å². The lowest BCUT2D eigenvalue weighted by atomic mass is 10.1. The molecule has 8 heteroatoms. The molecule has 0 heterocycles. The van der Waals surface area contributed by atoms with Crippen LogP contribution >= 0.6 is 0 Å². The standard InChI is InChI=1S/C17H21N3O4S/c1-12(13-5-4-6-15(11-13)20-25(3,22)23)18-17(21)19-14-7-9-16(24-2)10-8-14/h4-12,20H,1-3H3,(H2,18,19,21)/t12-/m0/s1. The molecule has 1 atom stereocenters. The molecule has 3 N–H and O–H groups in total. The first-order valence-electron chi connectivity index (χ1n) is 7.56. The third-order valence-electron chi connectivity index (χ3n) is 3.39. The van der Waals surface area contributed by atoms with Crippen LogP contribution in [0.5, 0.6) is 5.75 Å². The number of rotatable bonds is 6. The summed E-state index contributed by atoms with van der Waals surface area (Å²) in [5, 5.41) is 5.53. The van der Waals surface area contributed by atoms with E-state index >= 15 is 0 Å². The van der Waals surface area contributed by atoms with Crippen LogP contribution in [0.4, 0.5) is 16.2 Å². The van der Waals surface area contributed by atoms with Crippen molar-refractivity contribution in [2.24, 2.45) is 0 Å². The lowest BCUT2D eigenvalue weighted by Gasteiger charge is -2.16. The van der Waals surface area contributed by atoms with Gasteiger partial charge in [0, 0.05) is 11.4 Å². The number of benzene rings is 2. The Labute approximate surface area is 147 Å². The Bertz CT molecular complexity index is 835. The monoisotopic (exact) mass is 363 g/mol. The summed E-state index contributed by atoms with van der Waals surface area (Å²) in [5.74, 6) is 0.703. The van der Waals surface area contributed by atoms with E-state index in [2.05, 4.69) is 15.4 Å². The molecule has 2 aromatic rings. The zero-order valence-corrected chi connectivity index (χ0v) is 15.1. The zero-order valence-electron chi connectivity index (χ0n) is 14.2. The first-order valence-corrected chi connectivity index (χ1v) is 9.45. The predicted octanol–water partition coefficient (Wildman–Crippen LogP) is 2.95.